The summed E-state index contributed by atoms with van der Waals surface area (Å²) in [6.45, 7) is 3.22. The van der Waals surface area contributed by atoms with Crippen molar-refractivity contribution in [2.75, 3.05) is 37.3 Å². The number of piperidine rings is 1. The molecule has 1 atom stereocenters. The van der Waals surface area contributed by atoms with Crippen molar-refractivity contribution < 1.29 is 13.8 Å². The summed E-state index contributed by atoms with van der Waals surface area (Å²) < 4.78 is 15.0. The Labute approximate surface area is 289 Å². The number of nitrogens with two attached hydrogens (primary N) is 1. The highest BCUT2D eigenvalue weighted by atomic mass is 35.5. The fraction of sp³-hybridized carbons (Fsp3) is 0.457. The Morgan fingerprint density at radius 1 is 1.08 bits per heavy atom. The van der Waals surface area contributed by atoms with Crippen LogP contribution < -0.4 is 16.0 Å². The minimum Gasteiger partial charge on any atom is -0.368 e. The molecule has 1 saturated carbocycles. The van der Waals surface area contributed by atoms with E-state index in [9.17, 15) is 13.8 Å². The van der Waals surface area contributed by atoms with Gasteiger partial charge in [0.1, 0.15) is 6.29 Å². The monoisotopic (exact) mass is 692 g/mol. The van der Waals surface area contributed by atoms with Crippen LogP contribution in [-0.4, -0.2) is 73.1 Å². The minimum absolute atomic E-state index is 0.245. The number of anilines is 2. The predicted octanol–water partition coefficient (Wildman–Crippen LogP) is 5.84. The number of aryl methyl sites for hydroxylation is 1. The van der Waals surface area contributed by atoms with Gasteiger partial charge in [-0.1, -0.05) is 49.1 Å². The third-order valence-corrected chi connectivity index (χ3v) is 11.1. The second kappa shape index (κ2) is 17.0. The lowest BCUT2D eigenvalue weighted by molar-refractivity contribution is -0.107. The number of carbonyl (C=O) groups excluding carboxylic acids is 2. The molecule has 2 amide bonds. The number of amides is 2. The van der Waals surface area contributed by atoms with E-state index < -0.39 is 10.8 Å². The van der Waals surface area contributed by atoms with E-state index in [2.05, 4.69) is 61.7 Å². The van der Waals surface area contributed by atoms with E-state index in [1.165, 1.54) is 47.7 Å². The number of urea groups is 1. The number of fused-ring (bicyclic) bond motifs is 1. The summed E-state index contributed by atoms with van der Waals surface area (Å²) in [4.78, 5) is 35.7. The molecule has 6 rings (SSSR count). The van der Waals surface area contributed by atoms with Gasteiger partial charge in [-0.15, -0.1) is 0 Å². The third kappa shape index (κ3) is 8.97. The highest BCUT2D eigenvalue weighted by Crippen LogP contribution is 2.34. The van der Waals surface area contributed by atoms with Gasteiger partial charge in [0.15, 0.2) is 5.82 Å². The Bertz CT molecular complexity index is 1680. The first-order valence-corrected chi connectivity index (χ1v) is 18.2. The van der Waals surface area contributed by atoms with Gasteiger partial charge in [0.25, 0.3) is 0 Å². The molecule has 11 nitrogen and oxygen atoms in total. The van der Waals surface area contributed by atoms with Crippen molar-refractivity contribution in [2.45, 2.75) is 74.0 Å². The molecule has 4 aromatic rings. The van der Waals surface area contributed by atoms with Crippen molar-refractivity contribution in [1.82, 2.24) is 30.0 Å². The number of aldehydes is 1. The zero-order chi connectivity index (χ0) is 34.0. The maximum absolute atomic E-state index is 13.2. The molecule has 0 radical (unpaired) electrons. The zero-order valence-electron chi connectivity index (χ0n) is 27.7. The molecule has 1 unspecified atom stereocenters. The maximum Gasteiger partial charge on any atom is 0.322 e. The fourth-order valence-corrected chi connectivity index (χ4v) is 8.30. The van der Waals surface area contributed by atoms with Crippen LogP contribution in [0.1, 0.15) is 68.4 Å². The SMILES string of the molecule is CNC(=O)N(CCC=O)c1nn(C)c2cc(C3CCN(Cc4cccc(S(=O)C5CCCCC5)c4)CC3)ccc12.Nc1ncc(Cl)cn1. The van der Waals surface area contributed by atoms with Gasteiger partial charge in [-0.05, 0) is 80.1 Å². The molecule has 2 fully saturated rings. The van der Waals surface area contributed by atoms with E-state index in [1.54, 1.807) is 7.05 Å². The first kappa shape index (κ1) is 35.4. The maximum atomic E-state index is 13.2. The third-order valence-electron chi connectivity index (χ3n) is 9.13. The molecule has 48 heavy (non-hydrogen) atoms. The quantitative estimate of drug-likeness (QED) is 0.209. The van der Waals surface area contributed by atoms with Gasteiger partial charge in [-0.25, -0.2) is 14.8 Å². The van der Waals surface area contributed by atoms with Crippen molar-refractivity contribution >= 4 is 57.4 Å². The number of hydrogen-bond donors (Lipinski definition) is 2. The lowest BCUT2D eigenvalue weighted by Gasteiger charge is -2.32. The van der Waals surface area contributed by atoms with E-state index in [1.807, 2.05) is 17.8 Å². The topological polar surface area (TPSA) is 139 Å². The molecule has 1 aliphatic carbocycles. The van der Waals surface area contributed by atoms with Crippen LogP contribution in [0.15, 0.2) is 59.8 Å². The first-order chi connectivity index (χ1) is 23.3. The van der Waals surface area contributed by atoms with Crippen LogP contribution in [0.2, 0.25) is 5.02 Å². The summed E-state index contributed by atoms with van der Waals surface area (Å²) in [6, 6.07) is 14.6. The second-order valence-corrected chi connectivity index (χ2v) is 14.6. The molecule has 1 saturated heterocycles. The molecule has 2 aromatic heterocycles. The number of aromatic nitrogens is 4. The van der Waals surface area contributed by atoms with Gasteiger partial charge in [-0.2, -0.15) is 5.10 Å². The lowest BCUT2D eigenvalue weighted by Crippen LogP contribution is -2.39. The number of nitrogens with one attached hydrogen (secondary N) is 1. The number of nitrogens with zero attached hydrogens (tertiary/aromatic N) is 6. The van der Waals surface area contributed by atoms with Crippen LogP contribution in [0.25, 0.3) is 10.9 Å². The molecule has 3 heterocycles. The minimum atomic E-state index is -0.904. The summed E-state index contributed by atoms with van der Waals surface area (Å²) in [5, 5.41) is 9.02. The summed E-state index contributed by atoms with van der Waals surface area (Å²) in [5.41, 5.74) is 8.68. The van der Waals surface area contributed by atoms with Gasteiger partial charge < -0.3 is 15.8 Å². The Kier molecular flexibility index (Phi) is 12.5. The highest BCUT2D eigenvalue weighted by Gasteiger charge is 2.25. The largest absolute Gasteiger partial charge is 0.368 e. The normalized spacial score (nSPS) is 16.6. The summed E-state index contributed by atoms with van der Waals surface area (Å²) in [5.74, 6) is 1.29. The predicted molar refractivity (Wildman–Crippen MR) is 192 cm³/mol. The van der Waals surface area contributed by atoms with E-state index in [0.717, 1.165) is 67.4 Å². The van der Waals surface area contributed by atoms with E-state index in [0.29, 0.717) is 22.0 Å². The van der Waals surface area contributed by atoms with Crippen molar-refractivity contribution in [3.63, 3.8) is 0 Å². The highest BCUT2D eigenvalue weighted by molar-refractivity contribution is 7.85. The fourth-order valence-electron chi connectivity index (χ4n) is 6.57. The van der Waals surface area contributed by atoms with Crippen molar-refractivity contribution in [2.24, 2.45) is 7.05 Å². The second-order valence-electron chi connectivity index (χ2n) is 12.4. The molecular formula is C35H45ClN8O3S. The molecule has 2 aliphatic rings. The average Bonchev–Trinajstić information content (AvgIpc) is 3.45. The smallest absolute Gasteiger partial charge is 0.322 e. The Hall–Kier alpha value is -3.87. The van der Waals surface area contributed by atoms with Crippen LogP contribution >= 0.6 is 11.6 Å². The molecule has 0 bridgehead atoms. The molecule has 3 N–H and O–H groups in total. The number of rotatable bonds is 9. The van der Waals surface area contributed by atoms with Gasteiger partial charge in [0.2, 0.25) is 5.95 Å². The summed E-state index contributed by atoms with van der Waals surface area (Å²) in [6.07, 6.45) is 12.0. The van der Waals surface area contributed by atoms with Gasteiger partial charge >= 0.3 is 6.03 Å². The summed E-state index contributed by atoms with van der Waals surface area (Å²) in [7, 11) is 2.58. The van der Waals surface area contributed by atoms with Gasteiger partial charge in [0, 0.05) is 49.1 Å². The zero-order valence-corrected chi connectivity index (χ0v) is 29.3. The average molecular weight is 693 g/mol. The molecule has 13 heteroatoms. The standard InChI is InChI=1S/C31H41N5O3S.C4H4ClN3/c1-32-31(38)36(16-7-19-37)30-28-13-12-25(21-29(28)34(2)33-30)24-14-17-35(18-15-24)22-23-8-6-11-27(20-23)40(39)26-9-4-3-5-10-26;5-3-1-7-4(6)8-2-3/h6,8,11-13,19-21,24,26H,3-5,7,9-10,14-18,22H2,1-2H3,(H,32,38);1-2H,(H2,6,7,8). The Morgan fingerprint density at radius 2 is 1.81 bits per heavy atom. The van der Waals surface area contributed by atoms with Crippen molar-refractivity contribution in [3.05, 3.63) is 71.0 Å². The van der Waals surface area contributed by atoms with Crippen LogP contribution in [0.5, 0.6) is 0 Å². The van der Waals surface area contributed by atoms with Crippen LogP contribution in [0.4, 0.5) is 16.6 Å². The Balaban J connectivity index is 0.000000494. The van der Waals surface area contributed by atoms with Gasteiger partial charge in [0.05, 0.1) is 33.7 Å². The number of hydrogen-bond acceptors (Lipinski definition) is 8. The van der Waals surface area contributed by atoms with Crippen LogP contribution in [0.3, 0.4) is 0 Å². The van der Waals surface area contributed by atoms with Crippen molar-refractivity contribution in [1.29, 1.82) is 0 Å². The first-order valence-electron chi connectivity index (χ1n) is 16.6. The van der Waals surface area contributed by atoms with E-state index >= 15 is 0 Å². The van der Waals surface area contributed by atoms with Crippen LogP contribution in [0, 0.1) is 0 Å². The number of benzene rings is 2. The number of carbonyl (C=O) groups is 2. The van der Waals surface area contributed by atoms with Gasteiger partial charge in [-0.3, -0.25) is 18.7 Å². The number of nitrogen functional groups attached to an aromatic ring is 1. The molecule has 0 spiro atoms. The van der Waals surface area contributed by atoms with Crippen LogP contribution in [-0.2, 0) is 29.2 Å². The number of likely N-dealkylation sites (tertiary alicyclic amines) is 1. The summed E-state index contributed by atoms with van der Waals surface area (Å²) >= 11 is 5.43. The van der Waals surface area contributed by atoms with Crippen molar-refractivity contribution in [3.8, 4) is 0 Å². The molecule has 2 aromatic carbocycles. The van der Waals surface area contributed by atoms with E-state index in [4.69, 9.17) is 17.3 Å². The molecular weight excluding hydrogens is 648 g/mol. The van der Waals surface area contributed by atoms with E-state index in [-0.39, 0.29) is 24.9 Å². The lowest BCUT2D eigenvalue weighted by atomic mass is 9.89. The Morgan fingerprint density at radius 3 is 2.48 bits per heavy atom. The molecule has 1 aliphatic heterocycles. The number of halogens is 1. The molecule has 256 valence electrons.